The molecule has 6 heteroatoms. The van der Waals surface area contributed by atoms with Gasteiger partial charge >= 0.3 is 0 Å². The lowest BCUT2D eigenvalue weighted by atomic mass is 9.99. The number of hydrogen-bond donors (Lipinski definition) is 1. The van der Waals surface area contributed by atoms with E-state index in [4.69, 9.17) is 0 Å². The molecule has 1 saturated heterocycles. The maximum atomic E-state index is 11.8. The second kappa shape index (κ2) is 5.63. The number of rotatable bonds is 4. The molecule has 1 rings (SSSR count). The minimum atomic E-state index is -3.15. The van der Waals surface area contributed by atoms with Gasteiger partial charge in [-0.05, 0) is 19.3 Å². The van der Waals surface area contributed by atoms with Gasteiger partial charge in [-0.3, -0.25) is 4.79 Å². The summed E-state index contributed by atoms with van der Waals surface area (Å²) in [4.78, 5) is 11.5. The Kier molecular flexibility index (Phi) is 4.73. The summed E-state index contributed by atoms with van der Waals surface area (Å²) < 4.78 is 25.1. The Balaban J connectivity index is 2.67. The van der Waals surface area contributed by atoms with E-state index in [1.165, 1.54) is 4.31 Å². The molecule has 0 aliphatic carbocycles. The molecular weight excluding hydrogens is 228 g/mol. The van der Waals surface area contributed by atoms with Gasteiger partial charge in [0, 0.05) is 20.1 Å². The number of carbonyl (C=O) groups is 1. The Bertz CT molecular complexity index is 340. The van der Waals surface area contributed by atoms with E-state index in [-0.39, 0.29) is 17.6 Å². The Hall–Kier alpha value is -0.620. The highest BCUT2D eigenvalue weighted by molar-refractivity contribution is 7.89. The van der Waals surface area contributed by atoms with E-state index in [1.807, 2.05) is 6.92 Å². The van der Waals surface area contributed by atoms with Crippen LogP contribution in [0.5, 0.6) is 0 Å². The van der Waals surface area contributed by atoms with E-state index in [0.717, 1.165) is 12.8 Å². The molecule has 1 aliphatic rings. The van der Waals surface area contributed by atoms with Crippen molar-refractivity contribution in [2.24, 2.45) is 5.92 Å². The van der Waals surface area contributed by atoms with Crippen molar-refractivity contribution in [2.45, 2.75) is 26.2 Å². The van der Waals surface area contributed by atoms with Crippen molar-refractivity contribution in [3.63, 3.8) is 0 Å². The van der Waals surface area contributed by atoms with Gasteiger partial charge < -0.3 is 5.32 Å². The van der Waals surface area contributed by atoms with Crippen molar-refractivity contribution < 1.29 is 13.2 Å². The average Bonchev–Trinajstić information content (AvgIpc) is 2.28. The summed E-state index contributed by atoms with van der Waals surface area (Å²) >= 11 is 0. The molecule has 16 heavy (non-hydrogen) atoms. The van der Waals surface area contributed by atoms with Gasteiger partial charge in [0.1, 0.15) is 0 Å². The van der Waals surface area contributed by atoms with Crippen molar-refractivity contribution in [1.29, 1.82) is 0 Å². The predicted octanol–water partition coefficient (Wildman–Crippen LogP) is 0.184. The van der Waals surface area contributed by atoms with Crippen molar-refractivity contribution >= 4 is 15.9 Å². The van der Waals surface area contributed by atoms with E-state index < -0.39 is 10.0 Å². The van der Waals surface area contributed by atoms with Crippen molar-refractivity contribution in [3.05, 3.63) is 0 Å². The van der Waals surface area contributed by atoms with Crippen LogP contribution in [0.4, 0.5) is 0 Å². The lowest BCUT2D eigenvalue weighted by Crippen LogP contribution is -2.45. The number of nitrogens with one attached hydrogen (secondary N) is 1. The fourth-order valence-electron chi connectivity index (χ4n) is 2.00. The van der Waals surface area contributed by atoms with Crippen LogP contribution in [0.15, 0.2) is 0 Å². The molecule has 0 unspecified atom stereocenters. The zero-order valence-electron chi connectivity index (χ0n) is 9.90. The Labute approximate surface area is 97.2 Å². The molecule has 1 N–H and O–H groups in total. The molecule has 0 radical (unpaired) electrons. The molecule has 1 aliphatic heterocycles. The molecule has 1 heterocycles. The first-order chi connectivity index (χ1) is 7.51. The summed E-state index contributed by atoms with van der Waals surface area (Å²) in [5.74, 6) is -0.0743. The fourth-order valence-corrected chi connectivity index (χ4v) is 3.59. The summed E-state index contributed by atoms with van der Waals surface area (Å²) in [5.41, 5.74) is 0. The van der Waals surface area contributed by atoms with Gasteiger partial charge in [0.2, 0.25) is 15.9 Å². The van der Waals surface area contributed by atoms with Gasteiger partial charge in [0.15, 0.2) is 0 Å². The summed E-state index contributed by atoms with van der Waals surface area (Å²) in [6.07, 6.45) is 2.16. The smallest absolute Gasteiger partial charge is 0.224 e. The summed E-state index contributed by atoms with van der Waals surface area (Å²) in [5, 5.41) is 2.58. The normalized spacial score (nSPS) is 23.0. The maximum Gasteiger partial charge on any atom is 0.224 e. The topological polar surface area (TPSA) is 66.5 Å². The number of sulfonamides is 1. The number of nitrogens with zero attached hydrogens (tertiary/aromatic N) is 1. The highest BCUT2D eigenvalue weighted by Gasteiger charge is 2.31. The van der Waals surface area contributed by atoms with Gasteiger partial charge in [0.05, 0.1) is 11.7 Å². The largest absolute Gasteiger partial charge is 0.359 e. The molecule has 94 valence electrons. The third kappa shape index (κ3) is 3.18. The highest BCUT2D eigenvalue weighted by atomic mass is 32.2. The molecule has 0 aromatic heterocycles. The van der Waals surface area contributed by atoms with Crippen LogP contribution in [-0.4, -0.2) is 44.5 Å². The maximum absolute atomic E-state index is 11.8. The molecule has 5 nitrogen and oxygen atoms in total. The van der Waals surface area contributed by atoms with E-state index in [2.05, 4.69) is 5.32 Å². The van der Waals surface area contributed by atoms with Crippen LogP contribution in [0.3, 0.4) is 0 Å². The molecule has 0 saturated carbocycles. The van der Waals surface area contributed by atoms with E-state index in [0.29, 0.717) is 19.5 Å². The SMILES string of the molecule is CCCS(=O)(=O)N1CCC[C@H](C(=O)NC)C1. The van der Waals surface area contributed by atoms with Gasteiger partial charge in [-0.1, -0.05) is 6.92 Å². The Morgan fingerprint density at radius 1 is 1.50 bits per heavy atom. The Morgan fingerprint density at radius 2 is 2.19 bits per heavy atom. The quantitative estimate of drug-likeness (QED) is 0.772. The van der Waals surface area contributed by atoms with Crippen LogP contribution < -0.4 is 5.32 Å². The van der Waals surface area contributed by atoms with Gasteiger partial charge in [-0.2, -0.15) is 0 Å². The molecule has 0 spiro atoms. The molecule has 0 aromatic rings. The zero-order valence-corrected chi connectivity index (χ0v) is 10.7. The zero-order chi connectivity index (χ0) is 12.2. The summed E-state index contributed by atoms with van der Waals surface area (Å²) in [6.45, 7) is 2.73. The van der Waals surface area contributed by atoms with Crippen LogP contribution in [0.2, 0.25) is 0 Å². The average molecular weight is 248 g/mol. The van der Waals surface area contributed by atoms with Gasteiger partial charge in [0.25, 0.3) is 0 Å². The van der Waals surface area contributed by atoms with E-state index in [9.17, 15) is 13.2 Å². The lowest BCUT2D eigenvalue weighted by Gasteiger charge is -2.30. The molecular formula is C10H20N2O3S. The van der Waals surface area contributed by atoms with Gasteiger partial charge in [-0.25, -0.2) is 12.7 Å². The molecule has 0 aromatic carbocycles. The minimum absolute atomic E-state index is 0.0589. The third-order valence-electron chi connectivity index (χ3n) is 2.86. The van der Waals surface area contributed by atoms with Crippen molar-refractivity contribution in [2.75, 3.05) is 25.9 Å². The lowest BCUT2D eigenvalue weighted by molar-refractivity contribution is -0.125. The van der Waals surface area contributed by atoms with Crippen LogP contribution in [-0.2, 0) is 14.8 Å². The van der Waals surface area contributed by atoms with E-state index >= 15 is 0 Å². The summed E-state index contributed by atoms with van der Waals surface area (Å²) in [7, 11) is -1.57. The highest BCUT2D eigenvalue weighted by Crippen LogP contribution is 2.19. The monoisotopic (exact) mass is 248 g/mol. The van der Waals surface area contributed by atoms with Crippen molar-refractivity contribution in [3.8, 4) is 0 Å². The first-order valence-corrected chi connectivity index (χ1v) is 7.31. The first kappa shape index (κ1) is 13.4. The van der Waals surface area contributed by atoms with Crippen LogP contribution in [0.1, 0.15) is 26.2 Å². The second-order valence-electron chi connectivity index (χ2n) is 4.13. The fraction of sp³-hybridized carbons (Fsp3) is 0.900. The van der Waals surface area contributed by atoms with Crippen LogP contribution in [0, 0.1) is 5.92 Å². The molecule has 1 atom stereocenters. The van der Waals surface area contributed by atoms with E-state index in [1.54, 1.807) is 7.05 Å². The standard InChI is InChI=1S/C10H20N2O3S/c1-3-7-16(14,15)12-6-4-5-9(8-12)10(13)11-2/h9H,3-8H2,1-2H3,(H,11,13)/t9-/m0/s1. The third-order valence-corrected chi connectivity index (χ3v) is 4.90. The molecule has 0 bridgehead atoms. The minimum Gasteiger partial charge on any atom is -0.359 e. The predicted molar refractivity (Wildman–Crippen MR) is 62.4 cm³/mol. The Morgan fingerprint density at radius 3 is 2.75 bits per heavy atom. The molecule has 1 amide bonds. The number of carbonyl (C=O) groups excluding carboxylic acids is 1. The first-order valence-electron chi connectivity index (χ1n) is 5.70. The van der Waals surface area contributed by atoms with Crippen LogP contribution in [0.25, 0.3) is 0 Å². The number of hydrogen-bond acceptors (Lipinski definition) is 3. The van der Waals surface area contributed by atoms with Crippen molar-refractivity contribution in [1.82, 2.24) is 9.62 Å². The summed E-state index contributed by atoms with van der Waals surface area (Å²) in [6, 6.07) is 0. The second-order valence-corrected chi connectivity index (χ2v) is 6.22. The molecule has 1 fully saturated rings. The number of amides is 1. The van der Waals surface area contributed by atoms with Crippen LogP contribution >= 0.6 is 0 Å². The number of piperidine rings is 1. The van der Waals surface area contributed by atoms with Gasteiger partial charge in [-0.15, -0.1) is 0 Å².